The van der Waals surface area contributed by atoms with E-state index in [1.165, 1.54) is 12.8 Å². The minimum Gasteiger partial charge on any atom is -0.375 e. The molecular weight excluding hydrogens is 392 g/mol. The molecule has 3 aliphatic rings. The highest BCUT2D eigenvalue weighted by Gasteiger charge is 2.43. The third-order valence-electron chi connectivity index (χ3n) is 7.41. The van der Waals surface area contributed by atoms with Crippen LogP contribution in [-0.4, -0.2) is 50.2 Å². The van der Waals surface area contributed by atoms with Crippen LogP contribution < -0.4 is 0 Å². The van der Waals surface area contributed by atoms with Crippen molar-refractivity contribution in [2.24, 2.45) is 16.2 Å². The van der Waals surface area contributed by atoms with Crippen molar-refractivity contribution in [3.8, 4) is 0 Å². The molecule has 0 aliphatic carbocycles. The second-order valence-electron chi connectivity index (χ2n) is 12.6. The summed E-state index contributed by atoms with van der Waals surface area (Å²) in [6.07, 6.45) is 3.47. The van der Waals surface area contributed by atoms with Gasteiger partial charge in [-0.2, -0.15) is 0 Å². The van der Waals surface area contributed by atoms with Gasteiger partial charge in [-0.1, -0.05) is 62.3 Å². The van der Waals surface area contributed by atoms with E-state index in [4.69, 9.17) is 23.7 Å². The number of rotatable bonds is 0. The van der Waals surface area contributed by atoms with E-state index in [0.717, 1.165) is 39.5 Å². The van der Waals surface area contributed by atoms with Crippen molar-refractivity contribution >= 4 is 0 Å². The second-order valence-corrected chi connectivity index (χ2v) is 12.6. The lowest BCUT2D eigenvalue weighted by molar-refractivity contribution is -0.302. The van der Waals surface area contributed by atoms with Crippen molar-refractivity contribution in [1.29, 1.82) is 0 Å². The molecule has 0 saturated carbocycles. The van der Waals surface area contributed by atoms with Crippen LogP contribution in [0, 0.1) is 16.2 Å². The van der Waals surface area contributed by atoms with Crippen LogP contribution in [-0.2, 0) is 23.7 Å². The van der Waals surface area contributed by atoms with Gasteiger partial charge in [-0.05, 0) is 45.4 Å². The minimum atomic E-state index is -0.384. The Kier molecular flexibility index (Phi) is 9.65. The fourth-order valence-electron chi connectivity index (χ4n) is 3.39. The lowest BCUT2D eigenvalue weighted by atomic mass is 9.76. The van der Waals surface area contributed by atoms with E-state index in [1.807, 2.05) is 13.8 Å². The largest absolute Gasteiger partial charge is 0.375 e. The topological polar surface area (TPSA) is 46.2 Å². The predicted octanol–water partition coefficient (Wildman–Crippen LogP) is 6.58. The molecule has 31 heavy (non-hydrogen) atoms. The van der Waals surface area contributed by atoms with Crippen molar-refractivity contribution < 1.29 is 23.7 Å². The highest BCUT2D eigenvalue weighted by molar-refractivity contribution is 4.91. The fraction of sp³-hybridized carbons (Fsp3) is 1.00. The predicted molar refractivity (Wildman–Crippen MR) is 127 cm³/mol. The lowest BCUT2D eigenvalue weighted by Gasteiger charge is -2.43. The van der Waals surface area contributed by atoms with Gasteiger partial charge < -0.3 is 23.7 Å². The number of hydrogen-bond donors (Lipinski definition) is 0. The van der Waals surface area contributed by atoms with E-state index >= 15 is 0 Å². The highest BCUT2D eigenvalue weighted by Crippen LogP contribution is 2.41. The molecule has 1 atom stereocenters. The van der Waals surface area contributed by atoms with Crippen molar-refractivity contribution in [3.05, 3.63) is 0 Å². The summed E-state index contributed by atoms with van der Waals surface area (Å²) < 4.78 is 27.9. The van der Waals surface area contributed by atoms with Crippen molar-refractivity contribution in [3.63, 3.8) is 0 Å². The zero-order valence-electron chi connectivity index (χ0n) is 22.7. The summed E-state index contributed by atoms with van der Waals surface area (Å²) in [6, 6.07) is 0. The Bertz CT molecular complexity index is 485. The molecule has 0 aromatic carbocycles. The van der Waals surface area contributed by atoms with Gasteiger partial charge in [0, 0.05) is 17.4 Å². The van der Waals surface area contributed by atoms with Gasteiger partial charge in [0.2, 0.25) is 0 Å². The zero-order chi connectivity index (χ0) is 24.2. The van der Waals surface area contributed by atoms with E-state index in [2.05, 4.69) is 69.2 Å². The molecule has 5 nitrogen and oxygen atoms in total. The average molecular weight is 445 g/mol. The molecule has 5 heteroatoms. The van der Waals surface area contributed by atoms with Crippen LogP contribution in [0.15, 0.2) is 0 Å². The summed E-state index contributed by atoms with van der Waals surface area (Å²) in [5.41, 5.74) is 0.563. The molecule has 3 fully saturated rings. The first-order chi connectivity index (χ1) is 13.9. The first-order valence-corrected chi connectivity index (χ1v) is 12.1. The van der Waals surface area contributed by atoms with Crippen molar-refractivity contribution in [2.45, 2.75) is 120 Å². The Balaban J connectivity index is 0.000000233. The Morgan fingerprint density at radius 3 is 1.00 bits per heavy atom. The third kappa shape index (κ3) is 7.67. The maximum absolute atomic E-state index is 5.70. The van der Waals surface area contributed by atoms with Gasteiger partial charge in [-0.3, -0.25) is 0 Å². The van der Waals surface area contributed by atoms with Crippen LogP contribution >= 0.6 is 0 Å². The average Bonchev–Trinajstić information content (AvgIpc) is 3.25. The van der Waals surface area contributed by atoms with Gasteiger partial charge >= 0.3 is 0 Å². The molecule has 0 aromatic rings. The second kappa shape index (κ2) is 10.4. The van der Waals surface area contributed by atoms with Gasteiger partial charge in [0.25, 0.3) is 0 Å². The minimum absolute atomic E-state index is 0.0629. The maximum atomic E-state index is 5.70. The molecule has 0 radical (unpaired) electrons. The first kappa shape index (κ1) is 28.8. The molecule has 0 spiro atoms. The van der Waals surface area contributed by atoms with Gasteiger partial charge in [-0.15, -0.1) is 0 Å². The lowest BCUT2D eigenvalue weighted by Crippen LogP contribution is -2.48. The van der Waals surface area contributed by atoms with Gasteiger partial charge in [0.1, 0.15) is 0 Å². The molecule has 3 saturated heterocycles. The Hall–Kier alpha value is -0.200. The fourth-order valence-corrected chi connectivity index (χ4v) is 3.39. The quantitative estimate of drug-likeness (QED) is 0.422. The van der Waals surface area contributed by atoms with Crippen molar-refractivity contribution in [1.82, 2.24) is 0 Å². The van der Waals surface area contributed by atoms with Gasteiger partial charge in [0.05, 0.1) is 32.0 Å². The monoisotopic (exact) mass is 444 g/mol. The molecule has 3 heterocycles. The van der Waals surface area contributed by atoms with Crippen LogP contribution in [0.25, 0.3) is 0 Å². The maximum Gasteiger partial charge on any atom is 0.170 e. The number of ether oxygens (including phenoxy) is 5. The molecule has 186 valence electrons. The van der Waals surface area contributed by atoms with Crippen LogP contribution in [0.5, 0.6) is 0 Å². The molecule has 0 aromatic heterocycles. The molecule has 0 N–H and O–H groups in total. The van der Waals surface area contributed by atoms with E-state index in [-0.39, 0.29) is 28.0 Å². The molecule has 3 rings (SSSR count). The Morgan fingerprint density at radius 1 is 0.452 bits per heavy atom. The highest BCUT2D eigenvalue weighted by atomic mass is 16.7. The SMILES string of the molecule is CC(C)(C)C1(C)CCCO1.CC(C)(C)C1(C)OCCCO1.CC(C)(C)C1(C)OCCO1. The smallest absolute Gasteiger partial charge is 0.170 e. The van der Waals surface area contributed by atoms with Crippen molar-refractivity contribution in [2.75, 3.05) is 33.0 Å². The summed E-state index contributed by atoms with van der Waals surface area (Å²) >= 11 is 0. The summed E-state index contributed by atoms with van der Waals surface area (Å²) in [4.78, 5) is 0. The summed E-state index contributed by atoms with van der Waals surface area (Å²) in [6.45, 7) is 29.8. The van der Waals surface area contributed by atoms with E-state index in [1.54, 1.807) is 0 Å². The summed E-state index contributed by atoms with van der Waals surface area (Å²) in [5.74, 6) is -0.752. The Labute approximate surface area is 192 Å². The molecule has 0 amide bonds. The van der Waals surface area contributed by atoms with E-state index < -0.39 is 0 Å². The van der Waals surface area contributed by atoms with Crippen LogP contribution in [0.4, 0.5) is 0 Å². The zero-order valence-corrected chi connectivity index (χ0v) is 22.7. The van der Waals surface area contributed by atoms with Crippen LogP contribution in [0.2, 0.25) is 0 Å². The summed E-state index contributed by atoms with van der Waals surface area (Å²) in [5, 5.41) is 0. The Morgan fingerprint density at radius 2 is 0.806 bits per heavy atom. The third-order valence-corrected chi connectivity index (χ3v) is 7.41. The van der Waals surface area contributed by atoms with E-state index in [9.17, 15) is 0 Å². The standard InChI is InChI=1S/C9H18O2.C9H18O.C8H16O2/c1-8(2,3)9(4)10-6-5-7-11-9;1-8(2,3)9(4)6-5-7-10-9;1-7(2,3)8(4)9-5-6-10-8/h5-7H2,1-4H3;5-7H2,1-4H3;5-6H2,1-4H3. The first-order valence-electron chi connectivity index (χ1n) is 12.1. The summed E-state index contributed by atoms with van der Waals surface area (Å²) in [7, 11) is 0. The molecule has 0 bridgehead atoms. The molecule has 3 aliphatic heterocycles. The molecule has 1 unspecified atom stereocenters. The number of hydrogen-bond acceptors (Lipinski definition) is 5. The molecular formula is C26H52O5. The van der Waals surface area contributed by atoms with Gasteiger partial charge in [0.15, 0.2) is 11.6 Å². The van der Waals surface area contributed by atoms with Crippen LogP contribution in [0.3, 0.4) is 0 Å². The van der Waals surface area contributed by atoms with Gasteiger partial charge in [-0.25, -0.2) is 0 Å². The normalized spacial score (nSPS) is 28.3. The van der Waals surface area contributed by atoms with E-state index in [0.29, 0.717) is 5.41 Å². The van der Waals surface area contributed by atoms with Crippen LogP contribution in [0.1, 0.15) is 102 Å².